The smallest absolute Gasteiger partial charge is 0.224 e. The zero-order valence-corrected chi connectivity index (χ0v) is 17.1. The topological polar surface area (TPSA) is 71.8 Å². The van der Waals surface area contributed by atoms with Gasteiger partial charge in [-0.15, -0.1) is 5.10 Å². The van der Waals surface area contributed by atoms with Crippen LogP contribution in [-0.4, -0.2) is 53.9 Å². The highest BCUT2D eigenvalue weighted by molar-refractivity contribution is 7.20. The van der Waals surface area contributed by atoms with Gasteiger partial charge in [-0.1, -0.05) is 11.3 Å². The van der Waals surface area contributed by atoms with Gasteiger partial charge >= 0.3 is 0 Å². The number of ether oxygens (including phenoxy) is 1. The lowest BCUT2D eigenvalue weighted by Crippen LogP contribution is -2.43. The lowest BCUT2D eigenvalue weighted by atomic mass is 9.97. The van der Waals surface area contributed by atoms with Crippen LogP contribution in [-0.2, 0) is 9.53 Å². The molecule has 0 radical (unpaired) electrons. The van der Waals surface area contributed by atoms with Crippen molar-refractivity contribution in [3.63, 3.8) is 0 Å². The van der Waals surface area contributed by atoms with Gasteiger partial charge in [0.25, 0.3) is 0 Å². The quantitative estimate of drug-likeness (QED) is 0.599. The molecule has 1 fully saturated rings. The summed E-state index contributed by atoms with van der Waals surface area (Å²) < 4.78 is 19.9. The van der Waals surface area contributed by atoms with Gasteiger partial charge in [0.05, 0.1) is 17.8 Å². The fourth-order valence-corrected chi connectivity index (χ4v) is 4.43. The molecular formula is C20H24FN5O2S. The first-order chi connectivity index (χ1) is 14.1. The molecule has 0 aliphatic carbocycles. The summed E-state index contributed by atoms with van der Waals surface area (Å²) in [5.41, 5.74) is 1.62. The number of nitrogens with one attached hydrogen (secondary N) is 1. The number of imidazole rings is 1. The van der Waals surface area contributed by atoms with E-state index in [0.717, 1.165) is 47.2 Å². The lowest BCUT2D eigenvalue weighted by Gasteiger charge is -2.31. The van der Waals surface area contributed by atoms with Gasteiger partial charge in [-0.3, -0.25) is 4.79 Å². The Bertz CT molecular complexity index is 940. The zero-order valence-electron chi connectivity index (χ0n) is 16.3. The molecule has 7 nitrogen and oxygen atoms in total. The second kappa shape index (κ2) is 8.87. The predicted octanol–water partition coefficient (Wildman–Crippen LogP) is 2.97. The molecule has 1 amide bonds. The molecule has 1 aliphatic rings. The second-order valence-electron chi connectivity index (χ2n) is 7.17. The van der Waals surface area contributed by atoms with Crippen molar-refractivity contribution in [3.8, 4) is 11.3 Å². The van der Waals surface area contributed by atoms with E-state index in [1.807, 2.05) is 6.20 Å². The van der Waals surface area contributed by atoms with Crippen molar-refractivity contribution >= 4 is 27.3 Å². The van der Waals surface area contributed by atoms with E-state index in [9.17, 15) is 9.18 Å². The number of amides is 1. The molecule has 0 bridgehead atoms. The maximum Gasteiger partial charge on any atom is 0.224 e. The van der Waals surface area contributed by atoms with Crippen LogP contribution in [0.25, 0.3) is 16.2 Å². The van der Waals surface area contributed by atoms with Crippen LogP contribution in [0.4, 0.5) is 9.52 Å². The number of fused-ring (bicyclic) bond motifs is 1. The van der Waals surface area contributed by atoms with E-state index < -0.39 is 0 Å². The lowest BCUT2D eigenvalue weighted by molar-refractivity contribution is -0.125. The number of anilines is 1. The number of aromatic nitrogens is 3. The third-order valence-electron chi connectivity index (χ3n) is 5.06. The van der Waals surface area contributed by atoms with Crippen molar-refractivity contribution in [3.05, 3.63) is 36.3 Å². The Kier molecular flexibility index (Phi) is 6.05. The zero-order chi connectivity index (χ0) is 20.2. The molecule has 3 heterocycles. The first-order valence-electron chi connectivity index (χ1n) is 9.78. The molecule has 0 unspecified atom stereocenters. The number of carbonyl (C=O) groups is 1. The summed E-state index contributed by atoms with van der Waals surface area (Å²) in [5.74, 6) is -0.194. The largest absolute Gasteiger partial charge is 0.385 e. The highest BCUT2D eigenvalue weighted by Gasteiger charge is 2.27. The number of benzene rings is 1. The third-order valence-corrected chi connectivity index (χ3v) is 6.04. The molecule has 1 aliphatic heterocycles. The molecule has 1 N–H and O–H groups in total. The Morgan fingerprint density at radius 1 is 1.38 bits per heavy atom. The first-order valence-corrected chi connectivity index (χ1v) is 10.6. The van der Waals surface area contributed by atoms with E-state index in [1.54, 1.807) is 23.8 Å². The highest BCUT2D eigenvalue weighted by atomic mass is 32.1. The number of hydrogen-bond donors (Lipinski definition) is 1. The second-order valence-corrected chi connectivity index (χ2v) is 8.10. The summed E-state index contributed by atoms with van der Waals surface area (Å²) in [7, 11) is 1.66. The van der Waals surface area contributed by atoms with Crippen LogP contribution in [0.1, 0.15) is 19.3 Å². The van der Waals surface area contributed by atoms with Gasteiger partial charge in [-0.05, 0) is 43.5 Å². The summed E-state index contributed by atoms with van der Waals surface area (Å²) in [5, 5.41) is 8.53. The molecule has 4 rings (SSSR count). The molecule has 1 saturated heterocycles. The molecular weight excluding hydrogens is 393 g/mol. The molecule has 3 aromatic rings. The summed E-state index contributed by atoms with van der Waals surface area (Å²) in [6, 6.07) is 6.28. The van der Waals surface area contributed by atoms with Crippen molar-refractivity contribution in [2.24, 2.45) is 5.92 Å². The standard InChI is InChI=1S/C20H24FN5O2S/c1-28-11-3-9-22-18(27)15-4-2-10-25(12-15)20-24-26-13-17(23-19(26)29-20)14-5-7-16(21)8-6-14/h5-8,13,15H,2-4,9-12H2,1H3,(H,22,27)/t15-/m0/s1. The highest BCUT2D eigenvalue weighted by Crippen LogP contribution is 2.29. The predicted molar refractivity (Wildman–Crippen MR) is 111 cm³/mol. The number of rotatable bonds is 7. The van der Waals surface area contributed by atoms with Crippen LogP contribution >= 0.6 is 11.3 Å². The first kappa shape index (κ1) is 19.8. The van der Waals surface area contributed by atoms with Gasteiger partial charge in [-0.25, -0.2) is 13.9 Å². The van der Waals surface area contributed by atoms with Crippen molar-refractivity contribution < 1.29 is 13.9 Å². The number of carbonyl (C=O) groups excluding carboxylic acids is 1. The fourth-order valence-electron chi connectivity index (χ4n) is 3.51. The van der Waals surface area contributed by atoms with Crippen molar-refractivity contribution in [2.75, 3.05) is 38.3 Å². The van der Waals surface area contributed by atoms with Crippen LogP contribution in [0.3, 0.4) is 0 Å². The Balaban J connectivity index is 1.42. The van der Waals surface area contributed by atoms with Crippen molar-refractivity contribution in [1.82, 2.24) is 19.9 Å². The van der Waals surface area contributed by atoms with Gasteiger partial charge in [0.15, 0.2) is 0 Å². The van der Waals surface area contributed by atoms with Gasteiger partial charge in [0, 0.05) is 38.9 Å². The molecule has 0 spiro atoms. The average molecular weight is 418 g/mol. The minimum absolute atomic E-state index is 0.0303. The Hall–Kier alpha value is -2.52. The molecule has 1 aromatic carbocycles. The molecule has 29 heavy (non-hydrogen) atoms. The third kappa shape index (κ3) is 4.56. The summed E-state index contributed by atoms with van der Waals surface area (Å²) in [6.45, 7) is 2.84. The Morgan fingerprint density at radius 3 is 2.97 bits per heavy atom. The number of halogens is 1. The minimum atomic E-state index is -0.266. The van der Waals surface area contributed by atoms with E-state index in [1.165, 1.54) is 23.5 Å². The fraction of sp³-hybridized carbons (Fsp3) is 0.450. The van der Waals surface area contributed by atoms with Gasteiger partial charge in [0.1, 0.15) is 5.82 Å². The van der Waals surface area contributed by atoms with E-state index in [0.29, 0.717) is 19.7 Å². The average Bonchev–Trinajstić information content (AvgIpc) is 3.31. The molecule has 0 saturated carbocycles. The van der Waals surface area contributed by atoms with E-state index >= 15 is 0 Å². The van der Waals surface area contributed by atoms with E-state index in [2.05, 4.69) is 20.3 Å². The van der Waals surface area contributed by atoms with Gasteiger partial charge in [-0.2, -0.15) is 0 Å². The van der Waals surface area contributed by atoms with E-state index in [-0.39, 0.29) is 17.6 Å². The molecule has 2 aromatic heterocycles. The Morgan fingerprint density at radius 2 is 2.21 bits per heavy atom. The number of nitrogens with zero attached hydrogens (tertiary/aromatic N) is 4. The SMILES string of the molecule is COCCCNC(=O)[C@H]1CCCN(c2nn3cc(-c4ccc(F)cc4)nc3s2)C1. The molecule has 1 atom stereocenters. The number of piperidine rings is 1. The normalized spacial score (nSPS) is 17.0. The van der Waals surface area contributed by atoms with E-state index in [4.69, 9.17) is 4.74 Å². The molecule has 154 valence electrons. The number of hydrogen-bond acceptors (Lipinski definition) is 6. The molecule has 9 heteroatoms. The van der Waals surface area contributed by atoms with Crippen LogP contribution in [0, 0.1) is 11.7 Å². The minimum Gasteiger partial charge on any atom is -0.385 e. The maximum absolute atomic E-state index is 13.1. The van der Waals surface area contributed by atoms with Crippen molar-refractivity contribution in [1.29, 1.82) is 0 Å². The summed E-state index contributed by atoms with van der Waals surface area (Å²) >= 11 is 1.51. The van der Waals surface area contributed by atoms with Crippen LogP contribution < -0.4 is 10.2 Å². The summed E-state index contributed by atoms with van der Waals surface area (Å²) in [6.07, 6.45) is 4.52. The maximum atomic E-state index is 13.1. The Labute approximate surface area is 172 Å². The number of methoxy groups -OCH3 is 1. The van der Waals surface area contributed by atoms with Crippen molar-refractivity contribution in [2.45, 2.75) is 19.3 Å². The van der Waals surface area contributed by atoms with Crippen LogP contribution in [0.15, 0.2) is 30.5 Å². The van der Waals surface area contributed by atoms with Crippen LogP contribution in [0.5, 0.6) is 0 Å². The van der Waals surface area contributed by atoms with Crippen LogP contribution in [0.2, 0.25) is 0 Å². The monoisotopic (exact) mass is 417 g/mol. The van der Waals surface area contributed by atoms with Gasteiger partial charge < -0.3 is 15.0 Å². The summed E-state index contributed by atoms with van der Waals surface area (Å²) in [4.78, 5) is 20.0. The van der Waals surface area contributed by atoms with Gasteiger partial charge in [0.2, 0.25) is 16.0 Å².